The normalized spacial score (nSPS) is 12.2. The van der Waals surface area contributed by atoms with Gasteiger partial charge in [0.1, 0.15) is 11.6 Å². The summed E-state index contributed by atoms with van der Waals surface area (Å²) in [6.07, 6.45) is 0.943. The van der Waals surface area contributed by atoms with E-state index in [-0.39, 0.29) is 17.5 Å². The van der Waals surface area contributed by atoms with Crippen molar-refractivity contribution in [2.75, 3.05) is 17.2 Å². The number of nitrogens with zero attached hydrogens (tertiary/aromatic N) is 3. The lowest BCUT2D eigenvalue weighted by Crippen LogP contribution is -2.33. The Labute approximate surface area is 101 Å². The van der Waals surface area contributed by atoms with Crippen LogP contribution in [0, 0.1) is 10.1 Å². The Bertz CT molecular complexity index is 408. The quantitative estimate of drug-likeness (QED) is 0.627. The van der Waals surface area contributed by atoms with Gasteiger partial charge < -0.3 is 10.6 Å². The molecule has 2 N–H and O–H groups in total. The molecule has 1 heterocycles. The number of hydrogen-bond donors (Lipinski definition) is 1. The summed E-state index contributed by atoms with van der Waals surface area (Å²) in [7, 11) is 0. The van der Waals surface area contributed by atoms with Crippen LogP contribution in [0.25, 0.3) is 0 Å². The minimum atomic E-state index is -0.452. The van der Waals surface area contributed by atoms with Crippen LogP contribution in [0.5, 0.6) is 0 Å². The van der Waals surface area contributed by atoms with E-state index >= 15 is 0 Å². The Morgan fingerprint density at radius 1 is 1.53 bits per heavy atom. The summed E-state index contributed by atoms with van der Waals surface area (Å²) in [5.74, 6) is 0.740. The van der Waals surface area contributed by atoms with Gasteiger partial charge in [-0.3, -0.25) is 10.1 Å². The minimum absolute atomic E-state index is 0.0192. The van der Waals surface area contributed by atoms with Crippen molar-refractivity contribution < 1.29 is 4.92 Å². The molecule has 0 saturated heterocycles. The van der Waals surface area contributed by atoms with Gasteiger partial charge in [0.05, 0.1) is 17.1 Å². The summed E-state index contributed by atoms with van der Waals surface area (Å²) in [6.45, 7) is 6.85. The maximum atomic E-state index is 10.8. The highest BCUT2D eigenvalue weighted by atomic mass is 16.6. The molecule has 94 valence electrons. The van der Waals surface area contributed by atoms with Crippen LogP contribution in [0.3, 0.4) is 0 Å². The monoisotopic (exact) mass is 238 g/mol. The highest BCUT2D eigenvalue weighted by Crippen LogP contribution is 2.23. The number of nitrogen functional groups attached to an aromatic ring is 1. The molecule has 1 aromatic rings. The average Bonchev–Trinajstić information content (AvgIpc) is 2.28. The summed E-state index contributed by atoms with van der Waals surface area (Å²) in [5, 5.41) is 10.8. The van der Waals surface area contributed by atoms with Crippen LogP contribution in [-0.2, 0) is 0 Å². The third-order valence-corrected chi connectivity index (χ3v) is 2.79. The topological polar surface area (TPSA) is 85.3 Å². The van der Waals surface area contributed by atoms with Crippen LogP contribution in [-0.4, -0.2) is 22.5 Å². The summed E-state index contributed by atoms with van der Waals surface area (Å²) >= 11 is 0. The Balaban J connectivity index is 3.15. The van der Waals surface area contributed by atoms with Gasteiger partial charge in [-0.25, -0.2) is 4.98 Å². The molecule has 0 aliphatic carbocycles. The van der Waals surface area contributed by atoms with Gasteiger partial charge in [-0.1, -0.05) is 6.92 Å². The fourth-order valence-electron chi connectivity index (χ4n) is 1.69. The SMILES string of the molecule is CCC(C)N(CC)c1cc([N+](=O)[O-])cc(N)n1. The van der Waals surface area contributed by atoms with E-state index in [9.17, 15) is 10.1 Å². The minimum Gasteiger partial charge on any atom is -0.383 e. The van der Waals surface area contributed by atoms with Gasteiger partial charge in [-0.05, 0) is 20.3 Å². The molecule has 0 radical (unpaired) electrons. The molecule has 0 saturated carbocycles. The predicted molar refractivity (Wildman–Crippen MR) is 68.1 cm³/mol. The summed E-state index contributed by atoms with van der Waals surface area (Å²) in [4.78, 5) is 16.5. The smallest absolute Gasteiger partial charge is 0.276 e. The zero-order chi connectivity index (χ0) is 13.0. The maximum absolute atomic E-state index is 10.8. The summed E-state index contributed by atoms with van der Waals surface area (Å²) < 4.78 is 0. The number of nitrogens with two attached hydrogens (primary N) is 1. The number of pyridine rings is 1. The van der Waals surface area contributed by atoms with Crippen molar-refractivity contribution in [3.8, 4) is 0 Å². The number of anilines is 2. The lowest BCUT2D eigenvalue weighted by molar-refractivity contribution is -0.384. The van der Waals surface area contributed by atoms with Crippen LogP contribution in [0.2, 0.25) is 0 Å². The summed E-state index contributed by atoms with van der Waals surface area (Å²) in [6, 6.07) is 3.01. The molecule has 0 spiro atoms. The number of rotatable bonds is 5. The van der Waals surface area contributed by atoms with E-state index in [1.54, 1.807) is 0 Å². The molecule has 1 aromatic heterocycles. The van der Waals surface area contributed by atoms with Crippen molar-refractivity contribution in [2.45, 2.75) is 33.2 Å². The first-order chi connectivity index (χ1) is 7.99. The predicted octanol–water partition coefficient (Wildman–Crippen LogP) is 2.20. The Kier molecular flexibility index (Phi) is 4.25. The number of hydrogen-bond acceptors (Lipinski definition) is 5. The molecule has 0 aliphatic heterocycles. The van der Waals surface area contributed by atoms with Crippen LogP contribution < -0.4 is 10.6 Å². The highest BCUT2D eigenvalue weighted by Gasteiger charge is 2.17. The van der Waals surface area contributed by atoms with Gasteiger partial charge in [0, 0.05) is 12.6 Å². The Morgan fingerprint density at radius 2 is 2.18 bits per heavy atom. The van der Waals surface area contributed by atoms with Gasteiger partial charge in [0.15, 0.2) is 0 Å². The van der Waals surface area contributed by atoms with Crippen molar-refractivity contribution in [1.29, 1.82) is 0 Å². The largest absolute Gasteiger partial charge is 0.383 e. The molecular formula is C11H18N4O2. The lowest BCUT2D eigenvalue weighted by Gasteiger charge is -2.28. The molecule has 0 fully saturated rings. The third-order valence-electron chi connectivity index (χ3n) is 2.79. The van der Waals surface area contributed by atoms with E-state index in [1.165, 1.54) is 12.1 Å². The molecular weight excluding hydrogens is 220 g/mol. The van der Waals surface area contributed by atoms with E-state index in [1.807, 2.05) is 11.8 Å². The van der Waals surface area contributed by atoms with Gasteiger partial charge >= 0.3 is 0 Å². The fourth-order valence-corrected chi connectivity index (χ4v) is 1.69. The van der Waals surface area contributed by atoms with Crippen molar-refractivity contribution in [3.05, 3.63) is 22.2 Å². The van der Waals surface area contributed by atoms with E-state index < -0.39 is 4.92 Å². The average molecular weight is 238 g/mol. The fraction of sp³-hybridized carbons (Fsp3) is 0.545. The highest BCUT2D eigenvalue weighted by molar-refractivity contribution is 5.54. The molecule has 6 heteroatoms. The lowest BCUT2D eigenvalue weighted by atomic mass is 10.2. The molecule has 6 nitrogen and oxygen atoms in total. The van der Waals surface area contributed by atoms with Gasteiger partial charge in [-0.15, -0.1) is 0 Å². The summed E-state index contributed by atoms with van der Waals surface area (Å²) in [5.41, 5.74) is 5.57. The van der Waals surface area contributed by atoms with E-state index in [0.717, 1.165) is 13.0 Å². The maximum Gasteiger partial charge on any atom is 0.276 e. The molecule has 0 aromatic carbocycles. The molecule has 0 aliphatic rings. The van der Waals surface area contributed by atoms with Crippen molar-refractivity contribution >= 4 is 17.3 Å². The molecule has 1 rings (SSSR count). The number of nitro groups is 1. The van der Waals surface area contributed by atoms with E-state index in [2.05, 4.69) is 18.8 Å². The van der Waals surface area contributed by atoms with E-state index in [4.69, 9.17) is 5.73 Å². The molecule has 17 heavy (non-hydrogen) atoms. The van der Waals surface area contributed by atoms with Crippen LogP contribution >= 0.6 is 0 Å². The zero-order valence-electron chi connectivity index (χ0n) is 10.4. The second-order valence-electron chi connectivity index (χ2n) is 3.91. The molecule has 1 atom stereocenters. The van der Waals surface area contributed by atoms with E-state index in [0.29, 0.717) is 5.82 Å². The zero-order valence-corrected chi connectivity index (χ0v) is 10.4. The third kappa shape index (κ3) is 3.05. The second kappa shape index (κ2) is 5.47. The number of aromatic nitrogens is 1. The standard InChI is InChI=1S/C11H18N4O2/c1-4-8(3)14(5-2)11-7-9(15(16)17)6-10(12)13-11/h6-8H,4-5H2,1-3H3,(H2,12,13). The van der Waals surface area contributed by atoms with Crippen LogP contribution in [0.1, 0.15) is 27.2 Å². The van der Waals surface area contributed by atoms with Crippen molar-refractivity contribution in [2.24, 2.45) is 0 Å². The Hall–Kier alpha value is -1.85. The first kappa shape index (κ1) is 13.2. The molecule has 1 unspecified atom stereocenters. The van der Waals surface area contributed by atoms with Gasteiger partial charge in [-0.2, -0.15) is 0 Å². The first-order valence-corrected chi connectivity index (χ1v) is 5.68. The van der Waals surface area contributed by atoms with Crippen LogP contribution in [0.15, 0.2) is 12.1 Å². The second-order valence-corrected chi connectivity index (χ2v) is 3.91. The van der Waals surface area contributed by atoms with Crippen molar-refractivity contribution in [3.63, 3.8) is 0 Å². The van der Waals surface area contributed by atoms with Gasteiger partial charge in [0.2, 0.25) is 0 Å². The van der Waals surface area contributed by atoms with Crippen molar-refractivity contribution in [1.82, 2.24) is 4.98 Å². The first-order valence-electron chi connectivity index (χ1n) is 5.68. The molecule has 0 bridgehead atoms. The Morgan fingerprint density at radius 3 is 2.65 bits per heavy atom. The van der Waals surface area contributed by atoms with Crippen LogP contribution in [0.4, 0.5) is 17.3 Å². The van der Waals surface area contributed by atoms with Gasteiger partial charge in [0.25, 0.3) is 5.69 Å². The molecule has 0 amide bonds.